The molecule has 0 spiro atoms. The number of aliphatic hydroxyl groups excluding tert-OH is 1. The molecule has 19 heavy (non-hydrogen) atoms. The zero-order valence-electron chi connectivity index (χ0n) is 11.6. The molecular formula is C14H19BrO3S. The minimum atomic E-state index is -0.515. The summed E-state index contributed by atoms with van der Waals surface area (Å²) in [7, 11) is 0. The number of halogens is 1. The van der Waals surface area contributed by atoms with Gasteiger partial charge >= 0.3 is 5.97 Å². The Morgan fingerprint density at radius 2 is 2.11 bits per heavy atom. The minimum Gasteiger partial charge on any atom is -0.459 e. The van der Waals surface area contributed by atoms with Crippen LogP contribution in [0.2, 0.25) is 0 Å². The van der Waals surface area contributed by atoms with E-state index in [-0.39, 0.29) is 11.7 Å². The number of carbonyl (C=O) groups excluding carboxylic acids is 1. The number of rotatable bonds is 4. The van der Waals surface area contributed by atoms with E-state index in [1.165, 1.54) is 11.8 Å². The van der Waals surface area contributed by atoms with Crippen molar-refractivity contribution in [3.63, 3.8) is 0 Å². The van der Waals surface area contributed by atoms with E-state index in [9.17, 15) is 9.90 Å². The van der Waals surface area contributed by atoms with Gasteiger partial charge in [0.1, 0.15) is 5.60 Å². The highest BCUT2D eigenvalue weighted by Gasteiger charge is 2.16. The van der Waals surface area contributed by atoms with Crippen molar-refractivity contribution in [1.82, 2.24) is 0 Å². The third kappa shape index (κ3) is 5.97. The summed E-state index contributed by atoms with van der Waals surface area (Å²) in [6, 6.07) is 5.64. The fourth-order valence-electron chi connectivity index (χ4n) is 1.45. The van der Waals surface area contributed by atoms with Gasteiger partial charge in [-0.3, -0.25) is 4.79 Å². The van der Waals surface area contributed by atoms with Crippen molar-refractivity contribution in [2.24, 2.45) is 0 Å². The van der Waals surface area contributed by atoms with Gasteiger partial charge in [-0.1, -0.05) is 22.0 Å². The third-order valence-corrected chi connectivity index (χ3v) is 3.85. The summed E-state index contributed by atoms with van der Waals surface area (Å²) in [6.45, 7) is 7.27. The van der Waals surface area contributed by atoms with Gasteiger partial charge in [-0.25, -0.2) is 0 Å². The van der Waals surface area contributed by atoms with E-state index in [0.29, 0.717) is 0 Å². The number of carbonyl (C=O) groups is 1. The van der Waals surface area contributed by atoms with Gasteiger partial charge in [-0.05, 0) is 45.4 Å². The second-order valence-corrected chi connectivity index (χ2v) is 7.14. The molecule has 0 bridgehead atoms. The summed E-state index contributed by atoms with van der Waals surface area (Å²) in [4.78, 5) is 12.6. The number of hydrogen-bond acceptors (Lipinski definition) is 4. The SMILES string of the molecule is C[C@@H](O)c1ccc(SCC(=O)OC(C)(C)C)cc1Br. The van der Waals surface area contributed by atoms with Crippen molar-refractivity contribution in [1.29, 1.82) is 0 Å². The average Bonchev–Trinajstić information content (AvgIpc) is 2.23. The summed E-state index contributed by atoms with van der Waals surface area (Å²) in [6.07, 6.45) is -0.515. The Morgan fingerprint density at radius 3 is 2.58 bits per heavy atom. The Bertz CT molecular complexity index is 452. The molecule has 0 fully saturated rings. The van der Waals surface area contributed by atoms with E-state index in [1.807, 2.05) is 39.0 Å². The van der Waals surface area contributed by atoms with Crippen LogP contribution in [0.15, 0.2) is 27.6 Å². The third-order valence-electron chi connectivity index (χ3n) is 2.20. The highest BCUT2D eigenvalue weighted by molar-refractivity contribution is 9.10. The maximum Gasteiger partial charge on any atom is 0.316 e. The van der Waals surface area contributed by atoms with Crippen LogP contribution >= 0.6 is 27.7 Å². The van der Waals surface area contributed by atoms with E-state index < -0.39 is 11.7 Å². The van der Waals surface area contributed by atoms with Crippen LogP contribution in [0.4, 0.5) is 0 Å². The lowest BCUT2D eigenvalue weighted by atomic mass is 10.1. The Kier molecular flexibility index (Phi) is 5.89. The molecule has 1 aromatic rings. The van der Waals surface area contributed by atoms with E-state index in [0.717, 1.165) is 14.9 Å². The fourth-order valence-corrected chi connectivity index (χ4v) is 3.02. The molecule has 1 atom stereocenters. The largest absolute Gasteiger partial charge is 0.459 e. The molecule has 0 aliphatic carbocycles. The predicted octanol–water partition coefficient (Wildman–Crippen LogP) is 3.94. The maximum absolute atomic E-state index is 11.6. The second kappa shape index (κ2) is 6.77. The van der Waals surface area contributed by atoms with E-state index >= 15 is 0 Å². The molecule has 0 aliphatic heterocycles. The van der Waals surface area contributed by atoms with Crippen LogP contribution < -0.4 is 0 Å². The van der Waals surface area contributed by atoms with Crippen LogP contribution in [0.5, 0.6) is 0 Å². The molecule has 0 radical (unpaired) electrons. The van der Waals surface area contributed by atoms with Gasteiger partial charge in [0.15, 0.2) is 0 Å². The minimum absolute atomic E-state index is 0.228. The Balaban J connectivity index is 2.59. The van der Waals surface area contributed by atoms with Gasteiger partial charge < -0.3 is 9.84 Å². The molecule has 3 nitrogen and oxygen atoms in total. The van der Waals surface area contributed by atoms with Crippen molar-refractivity contribution in [2.75, 3.05) is 5.75 Å². The van der Waals surface area contributed by atoms with Gasteiger partial charge in [0, 0.05) is 9.37 Å². The lowest BCUT2D eigenvalue weighted by molar-refractivity contribution is -0.151. The van der Waals surface area contributed by atoms with Crippen LogP contribution in [0.3, 0.4) is 0 Å². The fraction of sp³-hybridized carbons (Fsp3) is 0.500. The molecule has 5 heteroatoms. The van der Waals surface area contributed by atoms with Crippen LogP contribution in [-0.2, 0) is 9.53 Å². The maximum atomic E-state index is 11.6. The van der Waals surface area contributed by atoms with E-state index in [1.54, 1.807) is 6.92 Å². The monoisotopic (exact) mass is 346 g/mol. The van der Waals surface area contributed by atoms with Crippen LogP contribution in [0.25, 0.3) is 0 Å². The zero-order valence-corrected chi connectivity index (χ0v) is 14.0. The van der Waals surface area contributed by atoms with Gasteiger partial charge in [-0.15, -0.1) is 11.8 Å². The molecule has 1 N–H and O–H groups in total. The molecule has 0 saturated heterocycles. The Labute approximate surface area is 126 Å². The zero-order chi connectivity index (χ0) is 14.6. The summed E-state index contributed by atoms with van der Waals surface area (Å²) in [5.41, 5.74) is 0.385. The first-order chi connectivity index (χ1) is 8.69. The number of esters is 1. The number of thioether (sulfide) groups is 1. The first-order valence-electron chi connectivity index (χ1n) is 6.01. The van der Waals surface area contributed by atoms with E-state index in [2.05, 4.69) is 15.9 Å². The molecular weight excluding hydrogens is 328 g/mol. The first-order valence-corrected chi connectivity index (χ1v) is 7.79. The first kappa shape index (κ1) is 16.5. The summed E-state index contributed by atoms with van der Waals surface area (Å²) in [5.74, 6) is 0.0470. The summed E-state index contributed by atoms with van der Waals surface area (Å²) >= 11 is 4.83. The molecule has 0 saturated carbocycles. The highest BCUT2D eigenvalue weighted by atomic mass is 79.9. The molecule has 1 rings (SSSR count). The highest BCUT2D eigenvalue weighted by Crippen LogP contribution is 2.29. The van der Waals surface area contributed by atoms with Crippen molar-refractivity contribution < 1.29 is 14.6 Å². The van der Waals surface area contributed by atoms with Crippen LogP contribution in [0, 0.1) is 0 Å². The standard InChI is InChI=1S/C14H19BrO3S/c1-9(16)11-6-5-10(7-12(11)15)19-8-13(17)18-14(2,3)4/h5-7,9,16H,8H2,1-4H3/t9-/m1/s1. The number of hydrogen-bond donors (Lipinski definition) is 1. The van der Waals surface area contributed by atoms with Crippen molar-refractivity contribution in [2.45, 2.75) is 44.3 Å². The smallest absolute Gasteiger partial charge is 0.316 e. The van der Waals surface area contributed by atoms with E-state index in [4.69, 9.17) is 4.74 Å². The van der Waals surface area contributed by atoms with Crippen molar-refractivity contribution in [3.05, 3.63) is 28.2 Å². The molecule has 0 unspecified atom stereocenters. The van der Waals surface area contributed by atoms with Gasteiger partial charge in [0.05, 0.1) is 11.9 Å². The quantitative estimate of drug-likeness (QED) is 0.662. The topological polar surface area (TPSA) is 46.5 Å². The molecule has 1 aromatic carbocycles. The Hall–Kier alpha value is -0.520. The van der Waals surface area contributed by atoms with Gasteiger partial charge in [0.2, 0.25) is 0 Å². The summed E-state index contributed by atoms with van der Waals surface area (Å²) in [5, 5.41) is 9.53. The second-order valence-electron chi connectivity index (χ2n) is 5.23. The lowest BCUT2D eigenvalue weighted by Gasteiger charge is -2.19. The molecule has 0 heterocycles. The predicted molar refractivity (Wildman–Crippen MR) is 81.3 cm³/mol. The van der Waals surface area contributed by atoms with Crippen molar-refractivity contribution in [3.8, 4) is 0 Å². The lowest BCUT2D eigenvalue weighted by Crippen LogP contribution is -2.24. The number of benzene rings is 1. The van der Waals surface area contributed by atoms with Crippen LogP contribution in [-0.4, -0.2) is 22.4 Å². The van der Waals surface area contributed by atoms with Gasteiger partial charge in [0.25, 0.3) is 0 Å². The van der Waals surface area contributed by atoms with Crippen molar-refractivity contribution >= 4 is 33.7 Å². The molecule has 0 amide bonds. The molecule has 106 valence electrons. The summed E-state index contributed by atoms with van der Waals surface area (Å²) < 4.78 is 6.08. The number of ether oxygens (including phenoxy) is 1. The van der Waals surface area contributed by atoms with Gasteiger partial charge in [-0.2, -0.15) is 0 Å². The average molecular weight is 347 g/mol. The Morgan fingerprint density at radius 1 is 1.47 bits per heavy atom. The number of aliphatic hydroxyl groups is 1. The molecule has 0 aromatic heterocycles. The molecule has 0 aliphatic rings. The van der Waals surface area contributed by atoms with Crippen LogP contribution in [0.1, 0.15) is 39.4 Å². The normalized spacial score (nSPS) is 13.2.